The molecule has 0 bridgehead atoms. The number of H-pyrrole nitrogens is 1. The molecule has 15 heteroatoms. The van der Waals surface area contributed by atoms with Gasteiger partial charge in [0.1, 0.15) is 24.2 Å². The third-order valence-corrected chi connectivity index (χ3v) is 4.61. The van der Waals surface area contributed by atoms with E-state index in [9.17, 15) is 18.0 Å². The van der Waals surface area contributed by atoms with Crippen LogP contribution in [0.1, 0.15) is 12.5 Å². The number of fused-ring (bicyclic) bond motifs is 1. The monoisotopic (exact) mass is 449 g/mol. The second-order valence-electron chi connectivity index (χ2n) is 6.94. The lowest BCUT2D eigenvalue weighted by Gasteiger charge is -2.17. The number of amides is 1. The van der Waals surface area contributed by atoms with Crippen LogP contribution in [0.15, 0.2) is 23.3 Å². The maximum Gasteiger partial charge on any atom is 0.405 e. The largest absolute Gasteiger partial charge is 0.405 e. The molecular weight excluding hydrogens is 431 g/mol. The van der Waals surface area contributed by atoms with E-state index in [2.05, 4.69) is 41.1 Å². The van der Waals surface area contributed by atoms with Crippen molar-refractivity contribution in [1.82, 2.24) is 35.6 Å². The van der Waals surface area contributed by atoms with Gasteiger partial charge in [-0.2, -0.15) is 13.2 Å². The molecule has 168 valence electrons. The van der Waals surface area contributed by atoms with Crippen LogP contribution in [0.2, 0.25) is 0 Å². The average molecular weight is 449 g/mol. The third kappa shape index (κ3) is 4.45. The van der Waals surface area contributed by atoms with Gasteiger partial charge in [-0.3, -0.25) is 9.79 Å². The highest BCUT2D eigenvalue weighted by molar-refractivity contribution is 5.85. The molecule has 0 spiro atoms. The first kappa shape index (κ1) is 21.1. The first-order valence-electron chi connectivity index (χ1n) is 9.33. The predicted octanol–water partition coefficient (Wildman–Crippen LogP) is 0.877. The van der Waals surface area contributed by atoms with Gasteiger partial charge < -0.3 is 26.8 Å². The summed E-state index contributed by atoms with van der Waals surface area (Å²) in [7, 11) is 0. The van der Waals surface area contributed by atoms with Crippen LogP contribution in [0, 0.1) is 0 Å². The highest BCUT2D eigenvalue weighted by Gasteiger charge is 2.29. The molecule has 4 rings (SSSR count). The molecule has 6 N–H and O–H groups in total. The summed E-state index contributed by atoms with van der Waals surface area (Å²) in [6, 6.07) is 2.24. The van der Waals surface area contributed by atoms with Gasteiger partial charge in [0, 0.05) is 22.9 Å². The van der Waals surface area contributed by atoms with E-state index in [1.165, 1.54) is 6.92 Å². The molecule has 0 unspecified atom stereocenters. The minimum atomic E-state index is -4.51. The normalized spacial score (nSPS) is 13.9. The third-order valence-electron chi connectivity index (χ3n) is 4.61. The van der Waals surface area contributed by atoms with E-state index in [1.807, 2.05) is 5.32 Å². The van der Waals surface area contributed by atoms with E-state index in [4.69, 9.17) is 5.84 Å². The number of aromatic amines is 1. The summed E-state index contributed by atoms with van der Waals surface area (Å²) in [5.74, 6) is 6.14. The Morgan fingerprint density at radius 2 is 2.19 bits per heavy atom. The van der Waals surface area contributed by atoms with Crippen molar-refractivity contribution in [3.05, 3.63) is 23.9 Å². The number of aliphatic imine (C=N–C) groups is 1. The fraction of sp³-hybridized carbons (Fsp3) is 0.294. The van der Waals surface area contributed by atoms with E-state index in [0.717, 1.165) is 21.7 Å². The van der Waals surface area contributed by atoms with Crippen molar-refractivity contribution in [2.45, 2.75) is 25.7 Å². The molecule has 0 saturated carbocycles. The standard InChI is InChI=1S/C17H18F3N11O/c1-8(16(32)24-6-17(18,19)20)26-13-3-9(15-28-29-30-31(15)21)2-12(27-13)10-5-23-14-11(10)4-22-7-25-14/h2-3,5,7-8,23H,4,6,21H2,1H3,(H,22,25)(H,24,32)(H,26,27)/t8-/m0/s1. The van der Waals surface area contributed by atoms with Gasteiger partial charge >= 0.3 is 6.18 Å². The van der Waals surface area contributed by atoms with Gasteiger partial charge in [-0.15, -0.1) is 9.89 Å². The van der Waals surface area contributed by atoms with Gasteiger partial charge in [-0.1, -0.05) is 0 Å². The van der Waals surface area contributed by atoms with Crippen molar-refractivity contribution >= 4 is 23.9 Å². The van der Waals surface area contributed by atoms with E-state index in [1.54, 1.807) is 24.7 Å². The molecule has 3 aromatic heterocycles. The zero-order valence-corrected chi connectivity index (χ0v) is 16.6. The van der Waals surface area contributed by atoms with Crippen LogP contribution >= 0.6 is 0 Å². The number of carbonyl (C=O) groups is 1. The van der Waals surface area contributed by atoms with E-state index in [-0.39, 0.29) is 11.6 Å². The second kappa shape index (κ2) is 8.16. The van der Waals surface area contributed by atoms with Crippen LogP contribution in [0.4, 0.5) is 24.8 Å². The average Bonchev–Trinajstić information content (AvgIpc) is 3.37. The summed E-state index contributed by atoms with van der Waals surface area (Å²) in [6.45, 7) is 0.408. The van der Waals surface area contributed by atoms with Crippen LogP contribution in [0.25, 0.3) is 22.6 Å². The van der Waals surface area contributed by atoms with E-state index >= 15 is 0 Å². The summed E-state index contributed by atoms with van der Waals surface area (Å²) in [4.78, 5) is 24.9. The summed E-state index contributed by atoms with van der Waals surface area (Å²) in [6.07, 6.45) is -1.20. The predicted molar refractivity (Wildman–Crippen MR) is 109 cm³/mol. The molecule has 0 radical (unpaired) electrons. The number of nitrogens with two attached hydrogens (primary N) is 1. The summed E-state index contributed by atoms with van der Waals surface area (Å²) < 4.78 is 37.2. The highest BCUT2D eigenvalue weighted by Crippen LogP contribution is 2.33. The molecule has 1 amide bonds. The Kier molecular flexibility index (Phi) is 5.38. The number of halogens is 3. The number of carbonyl (C=O) groups excluding carboxylic acids is 1. The van der Waals surface area contributed by atoms with Gasteiger partial charge in [0.2, 0.25) is 11.7 Å². The van der Waals surface area contributed by atoms with Gasteiger partial charge in [-0.05, 0) is 29.5 Å². The van der Waals surface area contributed by atoms with Gasteiger partial charge in [0.05, 0.1) is 18.6 Å². The van der Waals surface area contributed by atoms with Crippen molar-refractivity contribution in [3.63, 3.8) is 0 Å². The molecule has 0 aliphatic carbocycles. The highest BCUT2D eigenvalue weighted by atomic mass is 19.4. The van der Waals surface area contributed by atoms with Crippen molar-refractivity contribution in [2.24, 2.45) is 4.99 Å². The van der Waals surface area contributed by atoms with Crippen molar-refractivity contribution in [3.8, 4) is 22.6 Å². The zero-order valence-electron chi connectivity index (χ0n) is 16.6. The maximum atomic E-state index is 12.4. The number of pyridine rings is 1. The van der Waals surface area contributed by atoms with E-state index < -0.39 is 24.7 Å². The molecule has 4 heterocycles. The van der Waals surface area contributed by atoms with Crippen LogP contribution < -0.4 is 21.8 Å². The van der Waals surface area contributed by atoms with Crippen LogP contribution in [0.5, 0.6) is 0 Å². The van der Waals surface area contributed by atoms with Crippen molar-refractivity contribution in [1.29, 1.82) is 0 Å². The first-order valence-corrected chi connectivity index (χ1v) is 9.33. The summed E-state index contributed by atoms with van der Waals surface area (Å²) in [5, 5.41) is 18.7. The zero-order chi connectivity index (χ0) is 22.9. The quantitative estimate of drug-likeness (QED) is 0.346. The Balaban J connectivity index is 1.67. The fourth-order valence-corrected chi connectivity index (χ4v) is 3.10. The molecule has 12 nitrogen and oxygen atoms in total. The summed E-state index contributed by atoms with van der Waals surface area (Å²) >= 11 is 0. The van der Waals surface area contributed by atoms with Crippen LogP contribution in [0.3, 0.4) is 0 Å². The molecule has 0 aromatic carbocycles. The lowest BCUT2D eigenvalue weighted by Crippen LogP contribution is -2.42. The fourth-order valence-electron chi connectivity index (χ4n) is 3.10. The Morgan fingerprint density at radius 3 is 2.91 bits per heavy atom. The molecule has 1 aliphatic rings. The number of nitrogen functional groups attached to an aromatic ring is 1. The van der Waals surface area contributed by atoms with Crippen molar-refractivity contribution in [2.75, 3.05) is 23.0 Å². The van der Waals surface area contributed by atoms with Gasteiger partial charge in [0.25, 0.3) is 0 Å². The number of nitrogens with one attached hydrogen (secondary N) is 4. The molecular formula is C17H18F3N11O. The molecule has 0 saturated heterocycles. The molecule has 1 aliphatic heterocycles. The smallest absolute Gasteiger partial charge is 0.359 e. The minimum absolute atomic E-state index is 0.220. The van der Waals surface area contributed by atoms with Crippen LogP contribution in [-0.4, -0.2) is 61.3 Å². The number of tetrazole rings is 1. The Hall–Kier alpha value is -4.17. The Morgan fingerprint density at radius 1 is 1.38 bits per heavy atom. The molecule has 0 fully saturated rings. The lowest BCUT2D eigenvalue weighted by atomic mass is 10.1. The number of anilines is 2. The topological polar surface area (TPSA) is 164 Å². The maximum absolute atomic E-state index is 12.4. The number of alkyl halides is 3. The van der Waals surface area contributed by atoms with Crippen molar-refractivity contribution < 1.29 is 18.0 Å². The van der Waals surface area contributed by atoms with E-state index in [0.29, 0.717) is 17.8 Å². The number of hydrogen-bond acceptors (Lipinski definition) is 9. The molecule has 1 atom stereocenters. The Labute approximate surface area is 178 Å². The lowest BCUT2D eigenvalue weighted by molar-refractivity contribution is -0.138. The van der Waals surface area contributed by atoms with Crippen LogP contribution in [-0.2, 0) is 11.3 Å². The SMILES string of the molecule is C[C@H](Nc1cc(-c2nnnn2N)cc(-c2c[nH]c3c2CN=CN3)n1)C(=O)NCC(F)(F)F. The molecule has 3 aromatic rings. The summed E-state index contributed by atoms with van der Waals surface area (Å²) in [5.41, 5.74) is 2.58. The number of hydrogen-bond donors (Lipinski definition) is 5. The van der Waals surface area contributed by atoms with Gasteiger partial charge in [0.15, 0.2) is 0 Å². The number of rotatable bonds is 6. The Bertz CT molecular complexity index is 1170. The second-order valence-corrected chi connectivity index (χ2v) is 6.94. The van der Waals surface area contributed by atoms with Gasteiger partial charge in [-0.25, -0.2) is 4.98 Å². The molecule has 32 heavy (non-hydrogen) atoms. The number of aromatic nitrogens is 6. The minimum Gasteiger partial charge on any atom is -0.359 e. The first-order chi connectivity index (χ1) is 15.2. The number of nitrogens with zero attached hydrogens (tertiary/aromatic N) is 6.